The fourth-order valence-corrected chi connectivity index (χ4v) is 1.01. The number of nitrogens with zero attached hydrogens (tertiary/aromatic N) is 2. The predicted octanol–water partition coefficient (Wildman–Crippen LogP) is 0.0253. The van der Waals surface area contributed by atoms with E-state index in [1.807, 2.05) is 6.92 Å². The van der Waals surface area contributed by atoms with Gasteiger partial charge in [0, 0.05) is 0 Å². The molecule has 1 atom stereocenters. The van der Waals surface area contributed by atoms with Crippen molar-refractivity contribution in [3.63, 3.8) is 0 Å². The molecule has 0 aliphatic carbocycles. The van der Waals surface area contributed by atoms with Crippen LogP contribution in [-0.4, -0.2) is 24.2 Å². The van der Waals surface area contributed by atoms with Gasteiger partial charge in [-0.3, -0.25) is 4.79 Å². The van der Waals surface area contributed by atoms with E-state index in [1.165, 1.54) is 0 Å². The molecule has 0 radical (unpaired) electrons. The van der Waals surface area contributed by atoms with Crippen molar-refractivity contribution in [2.75, 3.05) is 6.54 Å². The maximum absolute atomic E-state index is 11.2. The first-order valence-corrected chi connectivity index (χ1v) is 4.48. The molecule has 5 nitrogen and oxygen atoms in total. The lowest BCUT2D eigenvalue weighted by molar-refractivity contribution is -0.122. The molecule has 3 N–H and O–H groups in total. The van der Waals surface area contributed by atoms with Crippen molar-refractivity contribution >= 4 is 5.91 Å². The molecule has 0 aromatic carbocycles. The van der Waals surface area contributed by atoms with Crippen LogP contribution in [-0.2, 0) is 4.79 Å². The number of rotatable bonds is 5. The van der Waals surface area contributed by atoms with E-state index < -0.39 is 6.04 Å². The highest BCUT2D eigenvalue weighted by molar-refractivity contribution is 5.81. The first kappa shape index (κ1) is 10.7. The van der Waals surface area contributed by atoms with E-state index in [0.29, 0.717) is 12.8 Å². The number of amides is 1. The Balaban J connectivity index is 2.17. The summed E-state index contributed by atoms with van der Waals surface area (Å²) in [6, 6.07) is -0.522. The molecule has 1 amide bonds. The molecule has 1 aliphatic rings. The van der Waals surface area contributed by atoms with Gasteiger partial charge >= 0.3 is 0 Å². The second-order valence-corrected chi connectivity index (χ2v) is 3.48. The Bertz CT molecular complexity index is 286. The third-order valence-corrected chi connectivity index (χ3v) is 2.07. The van der Waals surface area contributed by atoms with E-state index in [1.54, 1.807) is 0 Å². The summed E-state index contributed by atoms with van der Waals surface area (Å²) in [5.74, 6) is 2.10. The Morgan fingerprint density at radius 1 is 1.71 bits per heavy atom. The van der Waals surface area contributed by atoms with Crippen molar-refractivity contribution in [1.29, 1.82) is 0 Å². The van der Waals surface area contributed by atoms with Crippen molar-refractivity contribution in [3.8, 4) is 12.3 Å². The van der Waals surface area contributed by atoms with Crippen LogP contribution in [0.3, 0.4) is 0 Å². The number of terminal acetylenes is 1. The Morgan fingerprint density at radius 2 is 2.36 bits per heavy atom. The molecular formula is C9H14N4O. The van der Waals surface area contributed by atoms with E-state index in [0.717, 1.165) is 0 Å². The molecule has 0 fully saturated rings. The maximum atomic E-state index is 11.2. The van der Waals surface area contributed by atoms with Gasteiger partial charge in [0.25, 0.3) is 0 Å². The van der Waals surface area contributed by atoms with Crippen LogP contribution >= 0.6 is 0 Å². The number of carbonyl (C=O) groups excluding carboxylic acids is 1. The summed E-state index contributed by atoms with van der Waals surface area (Å²) in [6.07, 6.45) is 6.27. The van der Waals surface area contributed by atoms with Gasteiger partial charge in [0.2, 0.25) is 5.91 Å². The van der Waals surface area contributed by atoms with Crippen LogP contribution in [0.25, 0.3) is 0 Å². The summed E-state index contributed by atoms with van der Waals surface area (Å²) in [6.45, 7) is 2.12. The highest BCUT2D eigenvalue weighted by Gasteiger charge is 2.34. The predicted molar refractivity (Wildman–Crippen MR) is 52.3 cm³/mol. The second-order valence-electron chi connectivity index (χ2n) is 3.48. The van der Waals surface area contributed by atoms with Crippen molar-refractivity contribution < 1.29 is 4.79 Å². The average Bonchev–Trinajstić information content (AvgIpc) is 2.90. The molecular weight excluding hydrogens is 180 g/mol. The van der Waals surface area contributed by atoms with E-state index in [2.05, 4.69) is 21.5 Å². The van der Waals surface area contributed by atoms with Gasteiger partial charge in [-0.25, -0.2) is 0 Å². The Labute approximate surface area is 83.2 Å². The Hall–Kier alpha value is -1.41. The van der Waals surface area contributed by atoms with Crippen LogP contribution < -0.4 is 11.1 Å². The molecule has 76 valence electrons. The highest BCUT2D eigenvalue weighted by atomic mass is 16.2. The Kier molecular flexibility index (Phi) is 3.20. The number of nitrogens with one attached hydrogen (secondary N) is 1. The van der Waals surface area contributed by atoms with Gasteiger partial charge in [-0.1, -0.05) is 5.92 Å². The maximum Gasteiger partial charge on any atom is 0.237 e. The van der Waals surface area contributed by atoms with Gasteiger partial charge in [0.15, 0.2) is 5.66 Å². The van der Waals surface area contributed by atoms with Crippen LogP contribution in [0.15, 0.2) is 10.2 Å². The summed E-state index contributed by atoms with van der Waals surface area (Å²) in [5.41, 5.74) is 5.34. The molecule has 5 heteroatoms. The van der Waals surface area contributed by atoms with E-state index in [4.69, 9.17) is 12.2 Å². The third-order valence-electron chi connectivity index (χ3n) is 2.07. The molecule has 0 bridgehead atoms. The standard InChI is InChI=1S/C9H14N4O/c1-3-6-11-8(14)7(10)4-5-9(2)12-13-9/h1,7H,4-6,10H2,2H3,(H,11,14)/t7-/m0/s1. The van der Waals surface area contributed by atoms with Crippen LogP contribution in [0, 0.1) is 12.3 Å². The Morgan fingerprint density at radius 3 is 2.86 bits per heavy atom. The molecule has 1 rings (SSSR count). The molecule has 1 aliphatic heterocycles. The summed E-state index contributed by atoms with van der Waals surface area (Å²) in [7, 11) is 0. The molecule has 0 spiro atoms. The van der Waals surface area contributed by atoms with Gasteiger partial charge in [-0.2, -0.15) is 10.2 Å². The number of nitrogens with two attached hydrogens (primary N) is 1. The van der Waals surface area contributed by atoms with Crippen molar-refractivity contribution in [2.45, 2.75) is 31.5 Å². The largest absolute Gasteiger partial charge is 0.344 e. The van der Waals surface area contributed by atoms with Gasteiger partial charge in [-0.15, -0.1) is 6.42 Å². The van der Waals surface area contributed by atoms with Gasteiger partial charge in [0.1, 0.15) is 0 Å². The summed E-state index contributed by atoms with van der Waals surface area (Å²) in [5, 5.41) is 10.2. The summed E-state index contributed by atoms with van der Waals surface area (Å²) < 4.78 is 0. The molecule has 0 saturated carbocycles. The average molecular weight is 194 g/mol. The highest BCUT2D eigenvalue weighted by Crippen LogP contribution is 2.32. The number of carbonyl (C=O) groups is 1. The first-order chi connectivity index (χ1) is 6.57. The molecule has 14 heavy (non-hydrogen) atoms. The van der Waals surface area contributed by atoms with Crippen molar-refractivity contribution in [3.05, 3.63) is 0 Å². The fourth-order valence-electron chi connectivity index (χ4n) is 1.01. The fraction of sp³-hybridized carbons (Fsp3) is 0.667. The molecule has 0 saturated heterocycles. The van der Waals surface area contributed by atoms with Crippen LogP contribution in [0.5, 0.6) is 0 Å². The van der Waals surface area contributed by atoms with E-state index in [9.17, 15) is 4.79 Å². The lowest BCUT2D eigenvalue weighted by atomic mass is 10.1. The van der Waals surface area contributed by atoms with Crippen LogP contribution in [0.1, 0.15) is 19.8 Å². The minimum atomic E-state index is -0.522. The first-order valence-electron chi connectivity index (χ1n) is 4.48. The van der Waals surface area contributed by atoms with Crippen LogP contribution in [0.2, 0.25) is 0 Å². The van der Waals surface area contributed by atoms with Crippen LogP contribution in [0.4, 0.5) is 0 Å². The number of hydrogen-bond donors (Lipinski definition) is 2. The zero-order valence-electron chi connectivity index (χ0n) is 8.16. The summed E-state index contributed by atoms with van der Waals surface area (Å²) >= 11 is 0. The number of hydrogen-bond acceptors (Lipinski definition) is 4. The van der Waals surface area contributed by atoms with E-state index in [-0.39, 0.29) is 18.1 Å². The van der Waals surface area contributed by atoms with Crippen molar-refractivity contribution in [1.82, 2.24) is 5.32 Å². The molecule has 0 aromatic rings. The zero-order chi connectivity index (χ0) is 10.6. The molecule has 1 heterocycles. The smallest absolute Gasteiger partial charge is 0.237 e. The van der Waals surface area contributed by atoms with Gasteiger partial charge in [-0.05, 0) is 19.8 Å². The van der Waals surface area contributed by atoms with Gasteiger partial charge in [0.05, 0.1) is 12.6 Å². The van der Waals surface area contributed by atoms with Gasteiger partial charge < -0.3 is 11.1 Å². The normalized spacial score (nSPS) is 18.4. The quantitative estimate of drug-likeness (QED) is 0.605. The summed E-state index contributed by atoms with van der Waals surface area (Å²) in [4.78, 5) is 11.2. The lowest BCUT2D eigenvalue weighted by Crippen LogP contribution is -2.41. The molecule has 0 aromatic heterocycles. The lowest BCUT2D eigenvalue weighted by Gasteiger charge is -2.11. The monoisotopic (exact) mass is 194 g/mol. The second kappa shape index (κ2) is 4.20. The minimum Gasteiger partial charge on any atom is -0.344 e. The third kappa shape index (κ3) is 3.15. The van der Waals surface area contributed by atoms with Crippen molar-refractivity contribution in [2.24, 2.45) is 16.0 Å². The topological polar surface area (TPSA) is 79.8 Å². The SMILES string of the molecule is C#CCNC(=O)[C@@H](N)CCC1(C)N=N1. The molecule has 0 unspecified atom stereocenters. The zero-order valence-corrected chi connectivity index (χ0v) is 8.16. The minimum absolute atomic E-state index is 0.216. The van der Waals surface area contributed by atoms with E-state index >= 15 is 0 Å².